The van der Waals surface area contributed by atoms with Crippen molar-refractivity contribution in [1.82, 2.24) is 25.4 Å². The van der Waals surface area contributed by atoms with E-state index < -0.39 is 0 Å². The second-order valence-electron chi connectivity index (χ2n) is 6.69. The minimum absolute atomic E-state index is 0.537. The molecule has 0 aliphatic carbocycles. The number of benzene rings is 1. The zero-order chi connectivity index (χ0) is 20.6. The normalized spacial score (nSPS) is 11.4. The molecule has 0 unspecified atom stereocenters. The predicted molar refractivity (Wildman–Crippen MR) is 115 cm³/mol. The number of ether oxygens (including phenoxy) is 1. The highest BCUT2D eigenvalue weighted by atomic mass is 16.5. The second-order valence-corrected chi connectivity index (χ2v) is 6.69. The van der Waals surface area contributed by atoms with E-state index in [2.05, 4.69) is 45.8 Å². The molecule has 0 saturated heterocycles. The minimum atomic E-state index is 0.537. The number of nitrogens with zero attached hydrogens (tertiary/aromatic N) is 4. The summed E-state index contributed by atoms with van der Waals surface area (Å²) in [6.45, 7) is 7.98. The SMILES string of the molecule is CCNC(=NCc1ccccc1-n1nc(C)cc1C)NCc1cccc(OC)n1. The van der Waals surface area contributed by atoms with Gasteiger partial charge in [0.2, 0.25) is 5.88 Å². The highest BCUT2D eigenvalue weighted by molar-refractivity contribution is 5.79. The number of aromatic nitrogens is 3. The van der Waals surface area contributed by atoms with Gasteiger partial charge in [-0.3, -0.25) is 0 Å². The van der Waals surface area contributed by atoms with E-state index in [1.54, 1.807) is 7.11 Å². The lowest BCUT2D eigenvalue weighted by molar-refractivity contribution is 0.396. The Morgan fingerprint density at radius 1 is 1.10 bits per heavy atom. The molecule has 0 fully saturated rings. The maximum atomic E-state index is 5.19. The highest BCUT2D eigenvalue weighted by Gasteiger charge is 2.09. The van der Waals surface area contributed by atoms with E-state index in [1.165, 1.54) is 0 Å². The van der Waals surface area contributed by atoms with Gasteiger partial charge in [-0.1, -0.05) is 24.3 Å². The Bertz CT molecular complexity index is 979. The van der Waals surface area contributed by atoms with Crippen LogP contribution in [-0.2, 0) is 13.1 Å². The number of hydrogen-bond donors (Lipinski definition) is 2. The van der Waals surface area contributed by atoms with Gasteiger partial charge in [-0.2, -0.15) is 5.10 Å². The van der Waals surface area contributed by atoms with Gasteiger partial charge in [0.05, 0.1) is 37.3 Å². The summed E-state index contributed by atoms with van der Waals surface area (Å²) in [6.07, 6.45) is 0. The second kappa shape index (κ2) is 9.73. The summed E-state index contributed by atoms with van der Waals surface area (Å²) < 4.78 is 7.16. The van der Waals surface area contributed by atoms with Crippen LogP contribution >= 0.6 is 0 Å². The Morgan fingerprint density at radius 2 is 1.93 bits per heavy atom. The Kier molecular flexibility index (Phi) is 6.84. The lowest BCUT2D eigenvalue weighted by atomic mass is 10.2. The van der Waals surface area contributed by atoms with Gasteiger partial charge in [-0.05, 0) is 44.5 Å². The van der Waals surface area contributed by atoms with Crippen LogP contribution in [0.5, 0.6) is 5.88 Å². The minimum Gasteiger partial charge on any atom is -0.481 e. The zero-order valence-electron chi connectivity index (χ0n) is 17.4. The van der Waals surface area contributed by atoms with Gasteiger partial charge in [0.15, 0.2) is 5.96 Å². The molecule has 29 heavy (non-hydrogen) atoms. The molecule has 3 aromatic rings. The number of nitrogens with one attached hydrogen (secondary N) is 2. The molecule has 0 saturated carbocycles. The summed E-state index contributed by atoms with van der Waals surface area (Å²) >= 11 is 0. The molecule has 0 amide bonds. The maximum Gasteiger partial charge on any atom is 0.213 e. The molecule has 2 heterocycles. The van der Waals surface area contributed by atoms with E-state index in [9.17, 15) is 0 Å². The summed E-state index contributed by atoms with van der Waals surface area (Å²) in [6, 6.07) is 16.0. The van der Waals surface area contributed by atoms with Crippen molar-refractivity contribution in [1.29, 1.82) is 0 Å². The van der Waals surface area contributed by atoms with E-state index in [4.69, 9.17) is 9.73 Å². The first-order chi connectivity index (χ1) is 14.1. The van der Waals surface area contributed by atoms with Crippen molar-refractivity contribution in [2.24, 2.45) is 4.99 Å². The fraction of sp³-hybridized carbons (Fsp3) is 0.318. The van der Waals surface area contributed by atoms with E-state index in [0.717, 1.165) is 40.8 Å². The third-order valence-corrected chi connectivity index (χ3v) is 4.41. The molecule has 152 valence electrons. The number of aliphatic imine (C=N–C) groups is 1. The Labute approximate surface area is 171 Å². The van der Waals surface area contributed by atoms with Gasteiger partial charge in [0.25, 0.3) is 0 Å². The Hall–Kier alpha value is -3.35. The number of para-hydroxylation sites is 1. The van der Waals surface area contributed by atoms with Crippen molar-refractivity contribution < 1.29 is 4.74 Å². The lowest BCUT2D eigenvalue weighted by Gasteiger charge is -2.13. The summed E-state index contributed by atoms with van der Waals surface area (Å²) in [5.41, 5.74) is 5.15. The fourth-order valence-electron chi connectivity index (χ4n) is 3.07. The molecule has 0 aliphatic heterocycles. The molecule has 0 spiro atoms. The number of pyridine rings is 1. The largest absolute Gasteiger partial charge is 0.481 e. The summed E-state index contributed by atoms with van der Waals surface area (Å²) in [7, 11) is 1.62. The molecule has 0 aliphatic rings. The third kappa shape index (κ3) is 5.34. The van der Waals surface area contributed by atoms with Gasteiger partial charge in [-0.25, -0.2) is 14.7 Å². The van der Waals surface area contributed by atoms with Crippen molar-refractivity contribution in [3.8, 4) is 11.6 Å². The predicted octanol–water partition coefficient (Wildman–Crippen LogP) is 3.15. The summed E-state index contributed by atoms with van der Waals surface area (Å²) in [5, 5.41) is 11.2. The Balaban J connectivity index is 1.76. The van der Waals surface area contributed by atoms with E-state index in [-0.39, 0.29) is 0 Å². The van der Waals surface area contributed by atoms with Gasteiger partial charge >= 0.3 is 0 Å². The average Bonchev–Trinajstić information content (AvgIpc) is 3.08. The highest BCUT2D eigenvalue weighted by Crippen LogP contribution is 2.17. The molecule has 7 nitrogen and oxygen atoms in total. The summed E-state index contributed by atoms with van der Waals surface area (Å²) in [5.74, 6) is 1.34. The van der Waals surface area contributed by atoms with Crippen LogP contribution in [0.3, 0.4) is 0 Å². The van der Waals surface area contributed by atoms with Crippen molar-refractivity contribution in [2.45, 2.75) is 33.9 Å². The fourth-order valence-corrected chi connectivity index (χ4v) is 3.07. The molecular formula is C22H28N6O. The number of methoxy groups -OCH3 is 1. The van der Waals surface area contributed by atoms with Crippen LogP contribution in [0, 0.1) is 13.8 Å². The molecule has 2 aromatic heterocycles. The van der Waals surface area contributed by atoms with Crippen molar-refractivity contribution in [3.05, 3.63) is 71.2 Å². The smallest absolute Gasteiger partial charge is 0.213 e. The maximum absolute atomic E-state index is 5.19. The number of guanidine groups is 1. The molecule has 3 rings (SSSR count). The molecule has 0 bridgehead atoms. The van der Waals surface area contributed by atoms with Crippen molar-refractivity contribution in [3.63, 3.8) is 0 Å². The number of hydrogen-bond acceptors (Lipinski definition) is 4. The van der Waals surface area contributed by atoms with Crippen LogP contribution < -0.4 is 15.4 Å². The standard InChI is InChI=1S/C22H28N6O/c1-5-23-22(25-15-19-10-8-12-21(26-19)29-4)24-14-18-9-6-7-11-20(18)28-17(3)13-16(2)27-28/h6-13H,5,14-15H2,1-4H3,(H2,23,24,25). The first kappa shape index (κ1) is 20.4. The molecule has 2 N–H and O–H groups in total. The van der Waals surface area contributed by atoms with Gasteiger partial charge in [0.1, 0.15) is 0 Å². The number of aryl methyl sites for hydroxylation is 2. The lowest BCUT2D eigenvalue weighted by Crippen LogP contribution is -2.37. The van der Waals surface area contributed by atoms with Crippen LogP contribution in [0.15, 0.2) is 53.5 Å². The van der Waals surface area contributed by atoms with Crippen molar-refractivity contribution >= 4 is 5.96 Å². The van der Waals surface area contributed by atoms with Crippen LogP contribution in [0.4, 0.5) is 0 Å². The van der Waals surface area contributed by atoms with Crippen LogP contribution in [0.2, 0.25) is 0 Å². The molecule has 0 radical (unpaired) electrons. The van der Waals surface area contributed by atoms with E-state index >= 15 is 0 Å². The van der Waals surface area contributed by atoms with Gasteiger partial charge in [-0.15, -0.1) is 0 Å². The quantitative estimate of drug-likeness (QED) is 0.477. The van der Waals surface area contributed by atoms with Crippen molar-refractivity contribution in [2.75, 3.05) is 13.7 Å². The molecule has 7 heteroatoms. The first-order valence-corrected chi connectivity index (χ1v) is 9.74. The third-order valence-electron chi connectivity index (χ3n) is 4.41. The van der Waals surface area contributed by atoms with Gasteiger partial charge < -0.3 is 15.4 Å². The van der Waals surface area contributed by atoms with Gasteiger partial charge in [0, 0.05) is 18.3 Å². The topological polar surface area (TPSA) is 76.4 Å². The first-order valence-electron chi connectivity index (χ1n) is 9.74. The van der Waals surface area contributed by atoms with E-state index in [1.807, 2.05) is 48.9 Å². The molecular weight excluding hydrogens is 364 g/mol. The van der Waals surface area contributed by atoms with Crippen LogP contribution in [0.1, 0.15) is 29.6 Å². The molecule has 0 atom stereocenters. The average molecular weight is 393 g/mol. The zero-order valence-corrected chi connectivity index (χ0v) is 17.4. The van der Waals surface area contributed by atoms with Crippen LogP contribution in [0.25, 0.3) is 5.69 Å². The van der Waals surface area contributed by atoms with E-state index in [0.29, 0.717) is 19.0 Å². The Morgan fingerprint density at radius 3 is 2.66 bits per heavy atom. The monoisotopic (exact) mass is 392 g/mol. The summed E-state index contributed by atoms with van der Waals surface area (Å²) in [4.78, 5) is 9.19. The van der Waals surface area contributed by atoms with Crippen LogP contribution in [-0.4, -0.2) is 34.4 Å². The number of rotatable bonds is 7. The molecule has 1 aromatic carbocycles.